The first-order valence-electron chi connectivity index (χ1n) is 7.30. The Morgan fingerprint density at radius 3 is 3.00 bits per heavy atom. The van der Waals surface area contributed by atoms with Crippen molar-refractivity contribution in [2.24, 2.45) is 0 Å². The highest BCUT2D eigenvalue weighted by Crippen LogP contribution is 2.32. The van der Waals surface area contributed by atoms with Crippen molar-refractivity contribution in [2.75, 3.05) is 13.1 Å². The third-order valence-electron chi connectivity index (χ3n) is 4.21. The number of piperidine rings is 1. The zero-order chi connectivity index (χ0) is 13.1. The molecule has 2 aliphatic heterocycles. The van der Waals surface area contributed by atoms with Gasteiger partial charge < -0.3 is 10.2 Å². The van der Waals surface area contributed by atoms with Crippen LogP contribution >= 0.6 is 0 Å². The minimum absolute atomic E-state index is 0.0334. The molecule has 3 rings (SSSR count). The topological polar surface area (TPSA) is 45.2 Å². The smallest absolute Gasteiger partial charge is 0.240 e. The zero-order valence-electron chi connectivity index (χ0n) is 11.2. The summed E-state index contributed by atoms with van der Waals surface area (Å²) >= 11 is 0. The van der Waals surface area contributed by atoms with E-state index in [-0.39, 0.29) is 18.0 Å². The van der Waals surface area contributed by atoms with Crippen molar-refractivity contribution in [1.82, 2.24) is 15.2 Å². The number of pyridine rings is 1. The van der Waals surface area contributed by atoms with Crippen LogP contribution in [0.1, 0.15) is 43.7 Å². The number of rotatable bonds is 2. The average Bonchev–Trinajstić information content (AvgIpc) is 2.98. The second-order valence-corrected chi connectivity index (χ2v) is 5.48. The quantitative estimate of drug-likeness (QED) is 0.882. The van der Waals surface area contributed by atoms with E-state index in [1.807, 2.05) is 12.3 Å². The van der Waals surface area contributed by atoms with Gasteiger partial charge in [0.15, 0.2) is 0 Å². The molecule has 0 aromatic carbocycles. The lowest BCUT2D eigenvalue weighted by Crippen LogP contribution is -2.48. The van der Waals surface area contributed by atoms with Crippen LogP contribution in [0, 0.1) is 0 Å². The van der Waals surface area contributed by atoms with Gasteiger partial charge in [0, 0.05) is 18.9 Å². The lowest BCUT2D eigenvalue weighted by atomic mass is 10.0. The number of carbonyl (C=O) groups is 1. The fourth-order valence-corrected chi connectivity index (χ4v) is 3.21. The third-order valence-corrected chi connectivity index (χ3v) is 4.21. The maximum absolute atomic E-state index is 12.6. The molecule has 19 heavy (non-hydrogen) atoms. The molecule has 1 N–H and O–H groups in total. The molecule has 0 bridgehead atoms. The van der Waals surface area contributed by atoms with E-state index < -0.39 is 0 Å². The molecule has 0 spiro atoms. The van der Waals surface area contributed by atoms with Crippen LogP contribution in [-0.4, -0.2) is 34.9 Å². The first-order valence-corrected chi connectivity index (χ1v) is 7.30. The van der Waals surface area contributed by atoms with Crippen molar-refractivity contribution in [1.29, 1.82) is 0 Å². The van der Waals surface area contributed by atoms with E-state index in [0.29, 0.717) is 0 Å². The maximum Gasteiger partial charge on any atom is 0.240 e. The number of aromatic nitrogens is 1. The summed E-state index contributed by atoms with van der Waals surface area (Å²) in [6.45, 7) is 1.86. The van der Waals surface area contributed by atoms with Gasteiger partial charge >= 0.3 is 0 Å². The molecule has 102 valence electrons. The fourth-order valence-electron chi connectivity index (χ4n) is 3.21. The molecule has 2 fully saturated rings. The Kier molecular flexibility index (Phi) is 3.78. The number of hydrogen-bond donors (Lipinski definition) is 1. The van der Waals surface area contributed by atoms with E-state index in [9.17, 15) is 4.79 Å². The van der Waals surface area contributed by atoms with Crippen LogP contribution in [0.3, 0.4) is 0 Å². The van der Waals surface area contributed by atoms with Crippen LogP contribution in [0.4, 0.5) is 0 Å². The second-order valence-electron chi connectivity index (χ2n) is 5.48. The summed E-state index contributed by atoms with van der Waals surface area (Å²) in [6, 6.07) is 4.29. The SMILES string of the molecule is O=C([C@H]1CCCCN1)N1CCCC1c1cccnc1. The number of nitrogens with zero attached hydrogens (tertiary/aromatic N) is 2. The minimum atomic E-state index is 0.0334. The molecule has 0 aliphatic carbocycles. The monoisotopic (exact) mass is 259 g/mol. The summed E-state index contributed by atoms with van der Waals surface area (Å²) in [5.41, 5.74) is 1.17. The molecular formula is C15H21N3O. The Bertz CT molecular complexity index is 428. The predicted molar refractivity (Wildman–Crippen MR) is 73.6 cm³/mol. The average molecular weight is 259 g/mol. The van der Waals surface area contributed by atoms with Crippen LogP contribution in [0.25, 0.3) is 0 Å². The number of carbonyl (C=O) groups excluding carboxylic acids is 1. The van der Waals surface area contributed by atoms with Crippen molar-refractivity contribution in [3.05, 3.63) is 30.1 Å². The van der Waals surface area contributed by atoms with Crippen molar-refractivity contribution >= 4 is 5.91 Å². The van der Waals surface area contributed by atoms with Gasteiger partial charge in [-0.1, -0.05) is 12.5 Å². The third kappa shape index (κ3) is 2.63. The number of likely N-dealkylation sites (tertiary alicyclic amines) is 1. The van der Waals surface area contributed by atoms with Gasteiger partial charge in [-0.3, -0.25) is 9.78 Å². The Balaban J connectivity index is 1.74. The van der Waals surface area contributed by atoms with Crippen LogP contribution < -0.4 is 5.32 Å². The highest BCUT2D eigenvalue weighted by atomic mass is 16.2. The van der Waals surface area contributed by atoms with Gasteiger partial charge in [0.25, 0.3) is 0 Å². The summed E-state index contributed by atoms with van der Waals surface area (Å²) in [5, 5.41) is 3.36. The van der Waals surface area contributed by atoms with Crippen LogP contribution in [0.15, 0.2) is 24.5 Å². The fraction of sp³-hybridized carbons (Fsp3) is 0.600. The molecule has 2 atom stereocenters. The summed E-state index contributed by atoms with van der Waals surface area (Å²) in [7, 11) is 0. The molecule has 1 unspecified atom stereocenters. The zero-order valence-corrected chi connectivity index (χ0v) is 11.2. The Morgan fingerprint density at radius 2 is 2.26 bits per heavy atom. The largest absolute Gasteiger partial charge is 0.334 e. The molecular weight excluding hydrogens is 238 g/mol. The number of amides is 1. The lowest BCUT2D eigenvalue weighted by Gasteiger charge is -2.31. The van der Waals surface area contributed by atoms with E-state index in [4.69, 9.17) is 0 Å². The molecule has 0 saturated carbocycles. The van der Waals surface area contributed by atoms with Gasteiger partial charge in [-0.2, -0.15) is 0 Å². The number of hydrogen-bond acceptors (Lipinski definition) is 3. The van der Waals surface area contributed by atoms with Crippen LogP contribution in [0.5, 0.6) is 0 Å². The summed E-state index contributed by atoms with van der Waals surface area (Å²) < 4.78 is 0. The highest BCUT2D eigenvalue weighted by Gasteiger charge is 2.34. The van der Waals surface area contributed by atoms with E-state index >= 15 is 0 Å². The molecule has 4 nitrogen and oxygen atoms in total. The van der Waals surface area contributed by atoms with Crippen LogP contribution in [0.2, 0.25) is 0 Å². The van der Waals surface area contributed by atoms with E-state index in [1.54, 1.807) is 6.20 Å². The molecule has 2 saturated heterocycles. The van der Waals surface area contributed by atoms with E-state index in [1.165, 1.54) is 12.0 Å². The summed E-state index contributed by atoms with van der Waals surface area (Å²) in [4.78, 5) is 18.9. The standard InChI is InChI=1S/C15H21N3O/c19-15(13-6-1-2-9-17-13)18-10-4-7-14(18)12-5-3-8-16-11-12/h3,5,8,11,13-14,17H,1-2,4,6-7,9-10H2/t13-,14?/m1/s1. The Labute approximate surface area is 114 Å². The minimum Gasteiger partial charge on any atom is -0.334 e. The lowest BCUT2D eigenvalue weighted by molar-refractivity contribution is -0.135. The molecule has 1 amide bonds. The van der Waals surface area contributed by atoms with Gasteiger partial charge in [0.05, 0.1) is 12.1 Å². The van der Waals surface area contributed by atoms with E-state index in [0.717, 1.165) is 38.8 Å². The maximum atomic E-state index is 12.6. The van der Waals surface area contributed by atoms with Crippen LogP contribution in [-0.2, 0) is 4.79 Å². The van der Waals surface area contributed by atoms with Gasteiger partial charge in [-0.15, -0.1) is 0 Å². The molecule has 3 heterocycles. The predicted octanol–water partition coefficient (Wildman–Crippen LogP) is 1.89. The second kappa shape index (κ2) is 5.70. The Morgan fingerprint density at radius 1 is 1.32 bits per heavy atom. The van der Waals surface area contributed by atoms with Crippen molar-refractivity contribution in [3.63, 3.8) is 0 Å². The molecule has 2 aliphatic rings. The van der Waals surface area contributed by atoms with Crippen molar-refractivity contribution < 1.29 is 4.79 Å². The van der Waals surface area contributed by atoms with E-state index in [2.05, 4.69) is 21.3 Å². The normalized spacial score (nSPS) is 27.5. The molecule has 1 aromatic rings. The first-order chi connectivity index (χ1) is 9.36. The van der Waals surface area contributed by atoms with Gasteiger partial charge in [0.2, 0.25) is 5.91 Å². The molecule has 4 heteroatoms. The first kappa shape index (κ1) is 12.6. The van der Waals surface area contributed by atoms with Crippen molar-refractivity contribution in [3.8, 4) is 0 Å². The van der Waals surface area contributed by atoms with Gasteiger partial charge in [-0.25, -0.2) is 0 Å². The van der Waals surface area contributed by atoms with Gasteiger partial charge in [-0.05, 0) is 43.9 Å². The van der Waals surface area contributed by atoms with Gasteiger partial charge in [0.1, 0.15) is 0 Å². The Hall–Kier alpha value is -1.42. The van der Waals surface area contributed by atoms with Crippen molar-refractivity contribution in [2.45, 2.75) is 44.2 Å². The summed E-state index contributed by atoms with van der Waals surface area (Å²) in [6.07, 6.45) is 9.17. The highest BCUT2D eigenvalue weighted by molar-refractivity contribution is 5.82. The summed E-state index contributed by atoms with van der Waals surface area (Å²) in [5.74, 6) is 0.283. The molecule has 0 radical (unpaired) electrons. The number of nitrogens with one attached hydrogen (secondary N) is 1. The molecule has 1 aromatic heterocycles.